The zero-order valence-electron chi connectivity index (χ0n) is 3.76. The van der Waals surface area contributed by atoms with Gasteiger partial charge in [0.15, 0.2) is 5.76 Å². The van der Waals surface area contributed by atoms with E-state index in [4.69, 9.17) is 5.11 Å². The molecule has 0 saturated carbocycles. The van der Waals surface area contributed by atoms with E-state index in [9.17, 15) is 0 Å². The molecular formula is C4H6O3. The first-order chi connectivity index (χ1) is 3.43. The van der Waals surface area contributed by atoms with Crippen LogP contribution in [0.4, 0.5) is 0 Å². The quantitative estimate of drug-likeness (QED) is 0.467. The third-order valence-electron chi connectivity index (χ3n) is 0.701. The highest BCUT2D eigenvalue weighted by Gasteiger charge is 2.02. The number of aliphatic hydroxyl groups is 1. The Morgan fingerprint density at radius 1 is 1.86 bits per heavy atom. The van der Waals surface area contributed by atoms with Crippen molar-refractivity contribution in [1.82, 2.24) is 0 Å². The number of hydrogen-bond acceptors (Lipinski definition) is 3. The molecular weight excluding hydrogens is 96.0 g/mol. The van der Waals surface area contributed by atoms with Crippen molar-refractivity contribution in [3.05, 3.63) is 11.8 Å². The van der Waals surface area contributed by atoms with Crippen LogP contribution in [0.1, 0.15) is 0 Å². The first-order valence-electron chi connectivity index (χ1n) is 2.03. The molecule has 0 amide bonds. The van der Waals surface area contributed by atoms with Crippen molar-refractivity contribution in [2.75, 3.05) is 13.2 Å². The van der Waals surface area contributed by atoms with Crippen LogP contribution in [-0.2, 0) is 9.78 Å². The summed E-state index contributed by atoms with van der Waals surface area (Å²) in [7, 11) is 0. The lowest BCUT2D eigenvalue weighted by molar-refractivity contribution is -0.237. The molecule has 1 N–H and O–H groups in total. The largest absolute Gasteiger partial charge is 0.388 e. The normalized spacial score (nSPS) is 18.7. The molecule has 40 valence electrons. The van der Waals surface area contributed by atoms with Gasteiger partial charge in [0, 0.05) is 0 Å². The van der Waals surface area contributed by atoms with Crippen LogP contribution in [0.25, 0.3) is 0 Å². The molecule has 3 nitrogen and oxygen atoms in total. The molecule has 1 aliphatic rings. The second-order valence-electron chi connectivity index (χ2n) is 1.20. The summed E-state index contributed by atoms with van der Waals surface area (Å²) < 4.78 is 0. The van der Waals surface area contributed by atoms with E-state index in [1.54, 1.807) is 6.08 Å². The summed E-state index contributed by atoms with van der Waals surface area (Å²) in [6.45, 7) is 0.385. The highest BCUT2D eigenvalue weighted by molar-refractivity contribution is 4.93. The molecule has 0 fully saturated rings. The van der Waals surface area contributed by atoms with Crippen molar-refractivity contribution in [2.24, 2.45) is 0 Å². The van der Waals surface area contributed by atoms with Crippen LogP contribution in [0.3, 0.4) is 0 Å². The Bertz CT molecular complexity index is 86.9. The molecule has 0 aliphatic carbocycles. The molecule has 1 rings (SSSR count). The van der Waals surface area contributed by atoms with Crippen molar-refractivity contribution in [1.29, 1.82) is 0 Å². The Kier molecular flexibility index (Phi) is 1.29. The summed E-state index contributed by atoms with van der Waals surface area (Å²) in [6, 6.07) is 0. The fourth-order valence-corrected chi connectivity index (χ4v) is 0.362. The predicted molar refractivity (Wildman–Crippen MR) is 22.2 cm³/mol. The summed E-state index contributed by atoms with van der Waals surface area (Å²) >= 11 is 0. The monoisotopic (exact) mass is 102 g/mol. The smallest absolute Gasteiger partial charge is 0.166 e. The topological polar surface area (TPSA) is 38.7 Å². The van der Waals surface area contributed by atoms with Gasteiger partial charge in [0.25, 0.3) is 0 Å². The molecule has 0 bridgehead atoms. The minimum absolute atomic E-state index is 0.0694. The van der Waals surface area contributed by atoms with Crippen LogP contribution in [0.5, 0.6) is 0 Å². The van der Waals surface area contributed by atoms with E-state index in [1.807, 2.05) is 0 Å². The summed E-state index contributed by atoms with van der Waals surface area (Å²) in [6.07, 6.45) is 1.68. The van der Waals surface area contributed by atoms with Gasteiger partial charge in [0.2, 0.25) is 0 Å². The summed E-state index contributed by atoms with van der Waals surface area (Å²) in [4.78, 5) is 8.81. The van der Waals surface area contributed by atoms with Gasteiger partial charge in [0.05, 0.1) is 0 Å². The van der Waals surface area contributed by atoms with Gasteiger partial charge in [-0.1, -0.05) is 0 Å². The molecule has 0 unspecified atom stereocenters. The molecule has 0 aromatic carbocycles. The van der Waals surface area contributed by atoms with E-state index in [2.05, 4.69) is 9.78 Å². The van der Waals surface area contributed by atoms with Crippen LogP contribution >= 0.6 is 0 Å². The zero-order chi connectivity index (χ0) is 5.11. The maximum absolute atomic E-state index is 8.29. The van der Waals surface area contributed by atoms with E-state index in [0.29, 0.717) is 12.4 Å². The van der Waals surface area contributed by atoms with Crippen molar-refractivity contribution in [2.45, 2.75) is 0 Å². The predicted octanol–water partition coefficient (Wildman–Crippen LogP) is -0.176. The van der Waals surface area contributed by atoms with Gasteiger partial charge in [-0.2, -0.15) is 4.89 Å². The molecule has 0 saturated heterocycles. The Morgan fingerprint density at radius 2 is 2.71 bits per heavy atom. The first-order valence-corrected chi connectivity index (χ1v) is 2.03. The van der Waals surface area contributed by atoms with Gasteiger partial charge in [-0.05, 0) is 6.08 Å². The Morgan fingerprint density at radius 3 is 3.00 bits per heavy atom. The molecule has 0 spiro atoms. The van der Waals surface area contributed by atoms with Crippen LogP contribution in [0.15, 0.2) is 11.8 Å². The highest BCUT2D eigenvalue weighted by Crippen LogP contribution is 2.03. The third-order valence-corrected chi connectivity index (χ3v) is 0.701. The summed E-state index contributed by atoms with van der Waals surface area (Å²) in [5.74, 6) is 0.500. The Balaban J connectivity index is 2.36. The van der Waals surface area contributed by atoms with E-state index >= 15 is 0 Å². The van der Waals surface area contributed by atoms with E-state index < -0.39 is 0 Å². The standard InChI is InChI=1S/C4H6O3/c5-3-4-1-2-6-7-4/h1,5H,2-3H2. The lowest BCUT2D eigenvalue weighted by atomic mass is 10.5. The average Bonchev–Trinajstić information content (AvgIpc) is 2.14. The average molecular weight is 102 g/mol. The molecule has 1 heterocycles. The van der Waals surface area contributed by atoms with Gasteiger partial charge in [-0.3, -0.25) is 0 Å². The number of rotatable bonds is 1. The number of hydrogen-bond donors (Lipinski definition) is 1. The SMILES string of the molecule is OCC1=CCOO1. The van der Waals surface area contributed by atoms with Crippen LogP contribution in [0.2, 0.25) is 0 Å². The van der Waals surface area contributed by atoms with Crippen molar-refractivity contribution < 1.29 is 14.9 Å². The van der Waals surface area contributed by atoms with Gasteiger partial charge < -0.3 is 9.99 Å². The molecule has 0 aromatic heterocycles. The zero-order valence-corrected chi connectivity index (χ0v) is 3.76. The second-order valence-corrected chi connectivity index (χ2v) is 1.20. The second kappa shape index (κ2) is 1.95. The van der Waals surface area contributed by atoms with Crippen LogP contribution in [-0.4, -0.2) is 18.3 Å². The fraction of sp³-hybridized carbons (Fsp3) is 0.500. The van der Waals surface area contributed by atoms with E-state index in [1.165, 1.54) is 0 Å². The molecule has 0 radical (unpaired) electrons. The minimum atomic E-state index is -0.0694. The lowest BCUT2D eigenvalue weighted by Crippen LogP contribution is -1.87. The molecule has 3 heteroatoms. The maximum Gasteiger partial charge on any atom is 0.166 e. The molecule has 7 heavy (non-hydrogen) atoms. The highest BCUT2D eigenvalue weighted by atomic mass is 17.2. The molecule has 0 atom stereocenters. The first kappa shape index (κ1) is 4.61. The van der Waals surface area contributed by atoms with Crippen molar-refractivity contribution >= 4 is 0 Å². The number of aliphatic hydroxyl groups excluding tert-OH is 1. The van der Waals surface area contributed by atoms with Crippen molar-refractivity contribution in [3.8, 4) is 0 Å². The minimum Gasteiger partial charge on any atom is -0.388 e. The third kappa shape index (κ3) is 0.913. The molecule has 0 aromatic rings. The van der Waals surface area contributed by atoms with Crippen LogP contribution in [0, 0.1) is 0 Å². The van der Waals surface area contributed by atoms with Crippen LogP contribution < -0.4 is 0 Å². The summed E-state index contributed by atoms with van der Waals surface area (Å²) in [5, 5.41) is 8.29. The molecule has 1 aliphatic heterocycles. The summed E-state index contributed by atoms with van der Waals surface area (Å²) in [5.41, 5.74) is 0. The van der Waals surface area contributed by atoms with Gasteiger partial charge >= 0.3 is 0 Å². The van der Waals surface area contributed by atoms with Gasteiger partial charge in [-0.15, -0.1) is 0 Å². The fourth-order valence-electron chi connectivity index (χ4n) is 0.362. The van der Waals surface area contributed by atoms with Gasteiger partial charge in [-0.25, -0.2) is 0 Å². The van der Waals surface area contributed by atoms with E-state index in [0.717, 1.165) is 0 Å². The van der Waals surface area contributed by atoms with E-state index in [-0.39, 0.29) is 6.61 Å². The maximum atomic E-state index is 8.29. The van der Waals surface area contributed by atoms with Crippen molar-refractivity contribution in [3.63, 3.8) is 0 Å². The Hall–Kier alpha value is -0.540. The Labute approximate surface area is 41.1 Å². The van der Waals surface area contributed by atoms with Gasteiger partial charge in [0.1, 0.15) is 13.2 Å². The lowest BCUT2D eigenvalue weighted by Gasteiger charge is -1.91.